The van der Waals surface area contributed by atoms with E-state index < -0.39 is 0 Å². The Morgan fingerprint density at radius 2 is 1.85 bits per heavy atom. The topological polar surface area (TPSA) is 12.9 Å². The van der Waals surface area contributed by atoms with Crippen LogP contribution in [-0.4, -0.2) is 4.98 Å². The summed E-state index contributed by atoms with van der Waals surface area (Å²) in [6, 6.07) is 6.02. The molecule has 0 unspecified atom stereocenters. The van der Waals surface area contributed by atoms with Crippen LogP contribution in [0.25, 0.3) is 10.6 Å². The van der Waals surface area contributed by atoms with Gasteiger partial charge in [0.2, 0.25) is 0 Å². The maximum atomic E-state index is 4.27. The van der Waals surface area contributed by atoms with Crippen molar-refractivity contribution < 1.29 is 0 Å². The van der Waals surface area contributed by atoms with Crippen LogP contribution in [0.15, 0.2) is 38.7 Å². The second-order valence-electron chi connectivity index (χ2n) is 2.43. The minimum atomic E-state index is 1.03. The van der Waals surface area contributed by atoms with Crippen LogP contribution in [0.4, 0.5) is 0 Å². The molecule has 0 saturated carbocycles. The summed E-state index contributed by atoms with van der Waals surface area (Å²) in [6.45, 7) is 0. The molecule has 0 aliphatic carbocycles. The Hall–Kier alpha value is -0.190. The summed E-state index contributed by atoms with van der Waals surface area (Å²) in [5.41, 5.74) is 1.12. The van der Waals surface area contributed by atoms with Crippen molar-refractivity contribution in [2.75, 3.05) is 0 Å². The van der Waals surface area contributed by atoms with Crippen LogP contribution in [0, 0.1) is 0 Å². The summed E-state index contributed by atoms with van der Waals surface area (Å²) in [5.74, 6) is 0. The van der Waals surface area contributed by atoms with Crippen molar-refractivity contribution in [1.82, 2.24) is 4.98 Å². The lowest BCUT2D eigenvalue weighted by atomic mass is 10.2. The van der Waals surface area contributed by atoms with Gasteiger partial charge in [-0.1, -0.05) is 37.9 Å². The Morgan fingerprint density at radius 1 is 1.15 bits per heavy atom. The van der Waals surface area contributed by atoms with Crippen LogP contribution in [-0.2, 0) is 0 Å². The van der Waals surface area contributed by atoms with Crippen LogP contribution in [0.1, 0.15) is 0 Å². The zero-order valence-electron chi connectivity index (χ0n) is 6.50. The summed E-state index contributed by atoms with van der Waals surface area (Å²) in [6.07, 6.45) is 1.81. The highest BCUT2D eigenvalue weighted by atomic mass is 79.9. The number of hydrogen-bond donors (Lipinski definition) is 0. The maximum absolute atomic E-state index is 4.27. The predicted octanol–water partition coefficient (Wildman–Crippen LogP) is 4.34. The molecule has 0 N–H and O–H groups in total. The van der Waals surface area contributed by atoms with Gasteiger partial charge in [0.15, 0.2) is 0 Å². The lowest BCUT2D eigenvalue weighted by molar-refractivity contribution is 1.40. The second kappa shape index (κ2) is 3.90. The molecule has 0 atom stereocenters. The van der Waals surface area contributed by atoms with E-state index in [1.807, 2.05) is 29.8 Å². The largest absolute Gasteiger partial charge is 0.244 e. The Balaban J connectivity index is 2.64. The molecule has 2 aromatic rings. The number of rotatable bonds is 1. The van der Waals surface area contributed by atoms with Crippen LogP contribution >= 0.6 is 43.2 Å². The summed E-state index contributed by atoms with van der Waals surface area (Å²) >= 11 is 8.64. The van der Waals surface area contributed by atoms with Gasteiger partial charge in [-0.3, -0.25) is 0 Å². The van der Waals surface area contributed by atoms with E-state index in [0.717, 1.165) is 19.5 Å². The summed E-state index contributed by atoms with van der Waals surface area (Å²) in [7, 11) is 0. The van der Waals surface area contributed by atoms with Crippen LogP contribution in [0.2, 0.25) is 0 Å². The van der Waals surface area contributed by atoms with E-state index in [9.17, 15) is 0 Å². The first-order valence-electron chi connectivity index (χ1n) is 3.63. The van der Waals surface area contributed by atoms with Gasteiger partial charge in [0, 0.05) is 26.1 Å². The normalized spacial score (nSPS) is 10.3. The highest BCUT2D eigenvalue weighted by Crippen LogP contribution is 2.35. The number of aromatic nitrogens is 1. The number of hydrogen-bond acceptors (Lipinski definition) is 2. The first-order chi connectivity index (χ1) is 6.29. The van der Waals surface area contributed by atoms with Crippen LogP contribution in [0.5, 0.6) is 0 Å². The van der Waals surface area contributed by atoms with Crippen molar-refractivity contribution in [3.05, 3.63) is 38.7 Å². The lowest BCUT2D eigenvalue weighted by Gasteiger charge is -2.02. The minimum Gasteiger partial charge on any atom is -0.244 e. The molecule has 0 fully saturated rings. The third-order valence-electron chi connectivity index (χ3n) is 1.61. The van der Waals surface area contributed by atoms with E-state index in [0.29, 0.717) is 0 Å². The molecule has 0 amide bonds. The molecular weight excluding hydrogens is 314 g/mol. The quantitative estimate of drug-likeness (QED) is 0.762. The second-order valence-corrected chi connectivity index (χ2v) is 5.04. The highest BCUT2D eigenvalue weighted by Gasteiger charge is 2.08. The number of thiazole rings is 1. The van der Waals surface area contributed by atoms with E-state index in [-0.39, 0.29) is 0 Å². The van der Waals surface area contributed by atoms with E-state index in [4.69, 9.17) is 0 Å². The van der Waals surface area contributed by atoms with Crippen LogP contribution < -0.4 is 0 Å². The van der Waals surface area contributed by atoms with Gasteiger partial charge in [-0.15, -0.1) is 11.3 Å². The van der Waals surface area contributed by atoms with Gasteiger partial charge in [-0.05, 0) is 12.1 Å². The van der Waals surface area contributed by atoms with Crippen molar-refractivity contribution in [1.29, 1.82) is 0 Å². The fraction of sp³-hybridized carbons (Fsp3) is 0. The van der Waals surface area contributed by atoms with E-state index >= 15 is 0 Å². The average Bonchev–Trinajstić information content (AvgIpc) is 2.57. The van der Waals surface area contributed by atoms with E-state index in [1.165, 1.54) is 0 Å². The Kier molecular flexibility index (Phi) is 2.81. The van der Waals surface area contributed by atoms with Crippen molar-refractivity contribution in [3.63, 3.8) is 0 Å². The Morgan fingerprint density at radius 3 is 2.38 bits per heavy atom. The highest BCUT2D eigenvalue weighted by molar-refractivity contribution is 9.11. The molecule has 1 nitrogen and oxygen atoms in total. The molecular formula is C9H5Br2NS. The molecule has 1 aromatic carbocycles. The van der Waals surface area contributed by atoms with Crippen LogP contribution in [0.3, 0.4) is 0 Å². The van der Waals surface area contributed by atoms with Gasteiger partial charge >= 0.3 is 0 Å². The Bertz CT molecular complexity index is 391. The summed E-state index contributed by atoms with van der Waals surface area (Å²) < 4.78 is 2.13. The fourth-order valence-electron chi connectivity index (χ4n) is 1.05. The van der Waals surface area contributed by atoms with Gasteiger partial charge < -0.3 is 0 Å². The summed E-state index contributed by atoms with van der Waals surface area (Å²) in [5, 5.41) is 3.00. The number of nitrogens with zero attached hydrogens (tertiary/aromatic N) is 1. The summed E-state index contributed by atoms with van der Waals surface area (Å²) in [4.78, 5) is 4.27. The van der Waals surface area contributed by atoms with E-state index in [1.54, 1.807) is 11.3 Å². The predicted molar refractivity (Wildman–Crippen MR) is 63.0 cm³/mol. The van der Waals surface area contributed by atoms with Gasteiger partial charge in [-0.25, -0.2) is 4.98 Å². The fourth-order valence-corrected chi connectivity index (χ4v) is 3.40. The maximum Gasteiger partial charge on any atom is 0.125 e. The third-order valence-corrected chi connectivity index (χ3v) is 3.72. The zero-order chi connectivity index (χ0) is 9.26. The SMILES string of the molecule is Brc1cccc(Br)c1-c1nccs1. The third kappa shape index (κ3) is 1.85. The molecule has 0 spiro atoms. The number of halogens is 2. The molecule has 4 heteroatoms. The average molecular weight is 319 g/mol. The standard InChI is InChI=1S/C9H5Br2NS/c10-6-2-1-3-7(11)8(6)9-12-4-5-13-9/h1-5H. The Labute approximate surface area is 97.1 Å². The molecule has 1 aromatic heterocycles. The molecule has 13 heavy (non-hydrogen) atoms. The monoisotopic (exact) mass is 317 g/mol. The zero-order valence-corrected chi connectivity index (χ0v) is 10.5. The lowest BCUT2D eigenvalue weighted by Crippen LogP contribution is -1.79. The van der Waals surface area contributed by atoms with Gasteiger partial charge in [0.05, 0.1) is 0 Å². The molecule has 2 rings (SSSR count). The minimum absolute atomic E-state index is 1.03. The first-order valence-corrected chi connectivity index (χ1v) is 6.09. The van der Waals surface area contributed by atoms with Crippen molar-refractivity contribution >= 4 is 43.2 Å². The van der Waals surface area contributed by atoms with Crippen molar-refractivity contribution in [3.8, 4) is 10.6 Å². The van der Waals surface area contributed by atoms with Crippen molar-refractivity contribution in [2.24, 2.45) is 0 Å². The molecule has 66 valence electrons. The smallest absolute Gasteiger partial charge is 0.125 e. The molecule has 0 aliphatic rings. The molecule has 0 bridgehead atoms. The van der Waals surface area contributed by atoms with Gasteiger partial charge in [0.1, 0.15) is 5.01 Å². The first kappa shape index (κ1) is 9.37. The van der Waals surface area contributed by atoms with Gasteiger partial charge in [-0.2, -0.15) is 0 Å². The van der Waals surface area contributed by atoms with Gasteiger partial charge in [0.25, 0.3) is 0 Å². The molecule has 0 radical (unpaired) electrons. The van der Waals surface area contributed by atoms with Crippen molar-refractivity contribution in [2.45, 2.75) is 0 Å². The molecule has 0 saturated heterocycles. The van der Waals surface area contributed by atoms with E-state index in [2.05, 4.69) is 36.8 Å². The molecule has 1 heterocycles. The molecule has 0 aliphatic heterocycles. The number of benzene rings is 1.